The first-order chi connectivity index (χ1) is 7.84. The third-order valence-corrected chi connectivity index (χ3v) is 2.19. The van der Waals surface area contributed by atoms with Gasteiger partial charge in [-0.1, -0.05) is 13.8 Å². The van der Waals surface area contributed by atoms with Gasteiger partial charge in [-0.15, -0.1) is 0 Å². The van der Waals surface area contributed by atoms with Crippen molar-refractivity contribution >= 4 is 11.7 Å². The van der Waals surface area contributed by atoms with Crippen LogP contribution in [-0.2, 0) is 4.79 Å². The quantitative estimate of drug-likeness (QED) is 0.796. The Morgan fingerprint density at radius 3 is 2.47 bits per heavy atom. The summed E-state index contributed by atoms with van der Waals surface area (Å²) >= 11 is 0. The van der Waals surface area contributed by atoms with Gasteiger partial charge in [-0.05, 0) is 12.1 Å². The van der Waals surface area contributed by atoms with Gasteiger partial charge >= 0.3 is 5.97 Å². The average molecular weight is 245 g/mol. The van der Waals surface area contributed by atoms with Gasteiger partial charge in [0.15, 0.2) is 17.7 Å². The lowest BCUT2D eigenvalue weighted by molar-refractivity contribution is -0.147. The van der Waals surface area contributed by atoms with E-state index in [-0.39, 0.29) is 11.7 Å². The molecule has 0 heterocycles. The van der Waals surface area contributed by atoms with Crippen molar-refractivity contribution in [2.75, 3.05) is 5.73 Å². The van der Waals surface area contributed by atoms with Crippen molar-refractivity contribution in [3.05, 3.63) is 23.8 Å². The fraction of sp³-hybridized carbons (Fsp3) is 0.364. The number of hydrogen-bond donors (Lipinski definition) is 2. The summed E-state index contributed by atoms with van der Waals surface area (Å²) in [7, 11) is 0. The van der Waals surface area contributed by atoms with Gasteiger partial charge < -0.3 is 15.6 Å². The van der Waals surface area contributed by atoms with E-state index in [1.807, 2.05) is 0 Å². The highest BCUT2D eigenvalue weighted by atomic mass is 19.1. The molecule has 0 aliphatic rings. The molecule has 0 aromatic heterocycles. The number of carbonyl (C=O) groups is 1. The number of benzene rings is 1. The first-order valence-corrected chi connectivity index (χ1v) is 4.97. The molecule has 0 aliphatic carbocycles. The van der Waals surface area contributed by atoms with Crippen LogP contribution in [0.2, 0.25) is 0 Å². The van der Waals surface area contributed by atoms with Crippen LogP contribution in [0.5, 0.6) is 5.75 Å². The monoisotopic (exact) mass is 245 g/mol. The molecule has 0 bridgehead atoms. The van der Waals surface area contributed by atoms with Gasteiger partial charge in [0.05, 0.1) is 0 Å². The van der Waals surface area contributed by atoms with E-state index in [1.165, 1.54) is 0 Å². The smallest absolute Gasteiger partial charge is 0.345 e. The van der Waals surface area contributed by atoms with Crippen LogP contribution in [0, 0.1) is 17.6 Å². The van der Waals surface area contributed by atoms with Crippen molar-refractivity contribution in [1.82, 2.24) is 0 Å². The van der Waals surface area contributed by atoms with Gasteiger partial charge in [-0.2, -0.15) is 0 Å². The zero-order valence-electron chi connectivity index (χ0n) is 9.41. The van der Waals surface area contributed by atoms with Gasteiger partial charge in [0.2, 0.25) is 0 Å². The standard InChI is InChI=1S/C11H13F2NO3/c1-5(2)10(11(15)16)17-7-4-3-6(12)9(14)8(7)13/h3-5,10H,14H2,1-2H3,(H,15,16). The molecule has 0 aliphatic heterocycles. The van der Waals surface area contributed by atoms with Crippen LogP contribution < -0.4 is 10.5 Å². The van der Waals surface area contributed by atoms with Crippen LogP contribution in [0.4, 0.5) is 14.5 Å². The Labute approximate surface area is 97.0 Å². The summed E-state index contributed by atoms with van der Waals surface area (Å²) in [6, 6.07) is 1.94. The number of hydrogen-bond acceptors (Lipinski definition) is 3. The number of anilines is 1. The van der Waals surface area contributed by atoms with Crippen molar-refractivity contribution < 1.29 is 23.4 Å². The SMILES string of the molecule is CC(C)C(Oc1ccc(F)c(N)c1F)C(=O)O. The molecule has 1 aromatic carbocycles. The maximum absolute atomic E-state index is 13.5. The Morgan fingerprint density at radius 2 is 2.00 bits per heavy atom. The predicted molar refractivity (Wildman–Crippen MR) is 57.7 cm³/mol. The molecular weight excluding hydrogens is 232 g/mol. The third kappa shape index (κ3) is 2.83. The number of nitrogens with two attached hydrogens (primary N) is 1. The van der Waals surface area contributed by atoms with Crippen LogP contribution >= 0.6 is 0 Å². The van der Waals surface area contributed by atoms with E-state index in [2.05, 4.69) is 0 Å². The fourth-order valence-corrected chi connectivity index (χ4v) is 1.25. The molecule has 3 N–H and O–H groups in total. The van der Waals surface area contributed by atoms with Crippen molar-refractivity contribution in [2.24, 2.45) is 5.92 Å². The molecule has 94 valence electrons. The normalized spacial score (nSPS) is 12.5. The van der Waals surface area contributed by atoms with Crippen LogP contribution in [0.25, 0.3) is 0 Å². The molecular formula is C11H13F2NO3. The van der Waals surface area contributed by atoms with E-state index >= 15 is 0 Å². The zero-order chi connectivity index (χ0) is 13.2. The van der Waals surface area contributed by atoms with E-state index < -0.39 is 29.4 Å². The molecule has 0 fully saturated rings. The number of carboxylic acids is 1. The second-order valence-corrected chi connectivity index (χ2v) is 3.89. The van der Waals surface area contributed by atoms with Crippen LogP contribution in [0.3, 0.4) is 0 Å². The van der Waals surface area contributed by atoms with Gasteiger partial charge in [0.1, 0.15) is 11.5 Å². The highest BCUT2D eigenvalue weighted by Crippen LogP contribution is 2.26. The molecule has 0 amide bonds. The molecule has 1 unspecified atom stereocenters. The number of nitrogen functional groups attached to an aromatic ring is 1. The summed E-state index contributed by atoms with van der Waals surface area (Å²) in [6.07, 6.45) is -1.21. The summed E-state index contributed by atoms with van der Waals surface area (Å²) in [4.78, 5) is 10.9. The Balaban J connectivity index is 3.02. The fourth-order valence-electron chi connectivity index (χ4n) is 1.25. The zero-order valence-corrected chi connectivity index (χ0v) is 9.41. The number of rotatable bonds is 4. The minimum absolute atomic E-state index is 0.363. The van der Waals surface area contributed by atoms with E-state index in [4.69, 9.17) is 15.6 Å². The van der Waals surface area contributed by atoms with E-state index in [1.54, 1.807) is 13.8 Å². The molecule has 1 rings (SSSR count). The van der Waals surface area contributed by atoms with Gasteiger partial charge in [0.25, 0.3) is 0 Å². The van der Waals surface area contributed by atoms with Crippen molar-refractivity contribution in [1.29, 1.82) is 0 Å². The first kappa shape index (κ1) is 13.2. The van der Waals surface area contributed by atoms with E-state index in [0.29, 0.717) is 0 Å². The molecule has 1 atom stereocenters. The molecule has 4 nitrogen and oxygen atoms in total. The number of halogens is 2. The lowest BCUT2D eigenvalue weighted by Gasteiger charge is -2.19. The largest absolute Gasteiger partial charge is 0.478 e. The second-order valence-electron chi connectivity index (χ2n) is 3.89. The molecule has 0 radical (unpaired) electrons. The van der Waals surface area contributed by atoms with Crippen LogP contribution in [-0.4, -0.2) is 17.2 Å². The summed E-state index contributed by atoms with van der Waals surface area (Å²) in [5.41, 5.74) is 4.45. The average Bonchev–Trinajstić information content (AvgIpc) is 2.24. The lowest BCUT2D eigenvalue weighted by atomic mass is 10.1. The Bertz CT molecular complexity index is 435. The summed E-state index contributed by atoms with van der Waals surface area (Å²) in [5.74, 6) is -3.95. The van der Waals surface area contributed by atoms with Crippen molar-refractivity contribution in [3.63, 3.8) is 0 Å². The Kier molecular flexibility index (Phi) is 3.88. The van der Waals surface area contributed by atoms with Crippen molar-refractivity contribution in [2.45, 2.75) is 20.0 Å². The van der Waals surface area contributed by atoms with Crippen LogP contribution in [0.15, 0.2) is 12.1 Å². The lowest BCUT2D eigenvalue weighted by Crippen LogP contribution is -2.32. The Morgan fingerprint density at radius 1 is 1.41 bits per heavy atom. The molecule has 1 aromatic rings. The number of carboxylic acid groups (broad SMARTS) is 1. The Hall–Kier alpha value is -1.85. The molecule has 0 saturated heterocycles. The highest BCUT2D eigenvalue weighted by molar-refractivity contribution is 5.73. The van der Waals surface area contributed by atoms with Gasteiger partial charge in [-0.3, -0.25) is 0 Å². The minimum Gasteiger partial charge on any atom is -0.478 e. The third-order valence-electron chi connectivity index (χ3n) is 2.19. The maximum atomic E-state index is 13.5. The molecule has 0 saturated carbocycles. The van der Waals surface area contributed by atoms with Crippen LogP contribution in [0.1, 0.15) is 13.8 Å². The number of ether oxygens (including phenoxy) is 1. The predicted octanol–water partition coefficient (Wildman–Crippen LogP) is 2.03. The first-order valence-electron chi connectivity index (χ1n) is 4.97. The topological polar surface area (TPSA) is 72.5 Å². The summed E-state index contributed by atoms with van der Waals surface area (Å²) < 4.78 is 31.3. The molecule has 17 heavy (non-hydrogen) atoms. The summed E-state index contributed by atoms with van der Waals surface area (Å²) in [5, 5.41) is 8.87. The second kappa shape index (κ2) is 4.99. The molecule has 0 spiro atoms. The summed E-state index contributed by atoms with van der Waals surface area (Å²) in [6.45, 7) is 3.23. The molecule has 6 heteroatoms. The van der Waals surface area contributed by atoms with E-state index in [9.17, 15) is 13.6 Å². The van der Waals surface area contributed by atoms with E-state index in [0.717, 1.165) is 12.1 Å². The van der Waals surface area contributed by atoms with Gasteiger partial charge in [-0.25, -0.2) is 13.6 Å². The van der Waals surface area contributed by atoms with Gasteiger partial charge in [0, 0.05) is 5.92 Å². The van der Waals surface area contributed by atoms with Crippen molar-refractivity contribution in [3.8, 4) is 5.75 Å². The highest BCUT2D eigenvalue weighted by Gasteiger charge is 2.25. The maximum Gasteiger partial charge on any atom is 0.345 e. The minimum atomic E-state index is -1.22. The number of aliphatic carboxylic acids is 1.